The van der Waals surface area contributed by atoms with Gasteiger partial charge in [0.1, 0.15) is 5.75 Å². The number of urea groups is 1. The van der Waals surface area contributed by atoms with Gasteiger partial charge < -0.3 is 15.0 Å². The first-order valence-corrected chi connectivity index (χ1v) is 8.45. The summed E-state index contributed by atoms with van der Waals surface area (Å²) in [6.07, 6.45) is 4.10. The van der Waals surface area contributed by atoms with Crippen LogP contribution in [0.5, 0.6) is 11.8 Å². The zero-order valence-electron chi connectivity index (χ0n) is 14.1. The van der Waals surface area contributed by atoms with Crippen molar-refractivity contribution in [3.05, 3.63) is 78.1 Å². The molecule has 0 fully saturated rings. The summed E-state index contributed by atoms with van der Waals surface area (Å²) >= 11 is 0. The van der Waals surface area contributed by atoms with Gasteiger partial charge in [-0.2, -0.15) is 0 Å². The molecule has 4 rings (SSSR count). The Hall–Kier alpha value is -3.41. The van der Waals surface area contributed by atoms with Crippen LogP contribution in [-0.4, -0.2) is 27.4 Å². The number of ether oxygens (including phenoxy) is 1. The molecular weight excluding hydrogens is 328 g/mol. The van der Waals surface area contributed by atoms with E-state index in [2.05, 4.69) is 27.4 Å². The van der Waals surface area contributed by atoms with Crippen LogP contribution in [0.1, 0.15) is 11.1 Å². The van der Waals surface area contributed by atoms with E-state index in [1.807, 2.05) is 29.2 Å². The van der Waals surface area contributed by atoms with E-state index < -0.39 is 0 Å². The predicted octanol–water partition coefficient (Wildman–Crippen LogP) is 3.86. The van der Waals surface area contributed by atoms with Gasteiger partial charge in [0.15, 0.2) is 0 Å². The Morgan fingerprint density at radius 3 is 2.65 bits per heavy atom. The molecular formula is C20H18N4O2. The largest absolute Gasteiger partial charge is 0.424 e. The third-order valence-corrected chi connectivity index (χ3v) is 4.25. The Labute approximate surface area is 151 Å². The van der Waals surface area contributed by atoms with E-state index in [9.17, 15) is 4.79 Å². The lowest BCUT2D eigenvalue weighted by Crippen LogP contribution is -2.38. The van der Waals surface area contributed by atoms with Crippen LogP contribution >= 0.6 is 0 Å². The molecule has 0 atom stereocenters. The van der Waals surface area contributed by atoms with Crippen LogP contribution in [0.3, 0.4) is 0 Å². The maximum Gasteiger partial charge on any atom is 0.322 e. The molecule has 3 aromatic rings. The molecule has 26 heavy (non-hydrogen) atoms. The topological polar surface area (TPSA) is 67.3 Å². The molecule has 0 radical (unpaired) electrons. The number of anilines is 1. The van der Waals surface area contributed by atoms with Gasteiger partial charge >= 0.3 is 12.0 Å². The lowest BCUT2D eigenvalue weighted by atomic mass is 10.0. The minimum Gasteiger partial charge on any atom is -0.424 e. The lowest BCUT2D eigenvalue weighted by Gasteiger charge is -2.29. The monoisotopic (exact) mass is 346 g/mol. The molecule has 1 aromatic heterocycles. The van der Waals surface area contributed by atoms with E-state index in [-0.39, 0.29) is 12.0 Å². The van der Waals surface area contributed by atoms with Crippen molar-refractivity contribution in [2.75, 3.05) is 11.9 Å². The fraction of sp³-hybridized carbons (Fsp3) is 0.150. The fourth-order valence-electron chi connectivity index (χ4n) is 2.95. The molecule has 0 bridgehead atoms. The number of carbonyl (C=O) groups is 1. The smallest absolute Gasteiger partial charge is 0.322 e. The Balaban J connectivity index is 1.43. The Kier molecular flexibility index (Phi) is 4.47. The number of aromatic nitrogens is 2. The SMILES string of the molecule is O=C(Nc1cccc(Oc2ncccn2)c1)N1CCc2ccccc2C1. The van der Waals surface area contributed by atoms with E-state index in [1.54, 1.807) is 30.6 Å². The van der Waals surface area contributed by atoms with Gasteiger partial charge in [0.05, 0.1) is 0 Å². The number of fused-ring (bicyclic) bond motifs is 1. The molecule has 2 amide bonds. The van der Waals surface area contributed by atoms with Crippen molar-refractivity contribution in [1.82, 2.24) is 14.9 Å². The molecule has 2 aromatic carbocycles. The van der Waals surface area contributed by atoms with E-state index in [1.165, 1.54) is 11.1 Å². The molecule has 130 valence electrons. The summed E-state index contributed by atoms with van der Waals surface area (Å²) in [4.78, 5) is 22.5. The number of hydrogen-bond acceptors (Lipinski definition) is 4. The van der Waals surface area contributed by atoms with Gasteiger partial charge in [-0.05, 0) is 35.7 Å². The highest BCUT2D eigenvalue weighted by molar-refractivity contribution is 5.89. The Morgan fingerprint density at radius 1 is 1.00 bits per heavy atom. The van der Waals surface area contributed by atoms with E-state index >= 15 is 0 Å². The summed E-state index contributed by atoms with van der Waals surface area (Å²) in [5.41, 5.74) is 3.18. The van der Waals surface area contributed by atoms with E-state index in [4.69, 9.17) is 4.74 Å². The Morgan fingerprint density at radius 2 is 1.81 bits per heavy atom. The highest BCUT2D eigenvalue weighted by Crippen LogP contribution is 2.23. The first kappa shape index (κ1) is 16.1. The number of carbonyl (C=O) groups excluding carboxylic acids is 1. The fourth-order valence-corrected chi connectivity index (χ4v) is 2.95. The number of benzene rings is 2. The number of nitrogens with one attached hydrogen (secondary N) is 1. The first-order chi connectivity index (χ1) is 12.8. The minimum atomic E-state index is -0.118. The standard InChI is InChI=1S/C20H18N4O2/c25-20(24-12-9-15-5-1-2-6-16(15)14-24)23-17-7-3-8-18(13-17)26-19-21-10-4-11-22-19/h1-8,10-11,13H,9,12,14H2,(H,23,25). The second-order valence-electron chi connectivity index (χ2n) is 6.03. The maximum atomic E-state index is 12.6. The molecule has 2 heterocycles. The average Bonchev–Trinajstić information content (AvgIpc) is 2.68. The molecule has 0 unspecified atom stereocenters. The summed E-state index contributed by atoms with van der Waals surface area (Å²) in [5.74, 6) is 0.568. The van der Waals surface area contributed by atoms with Crippen molar-refractivity contribution in [3.63, 3.8) is 0 Å². The number of rotatable bonds is 3. The van der Waals surface area contributed by atoms with Gasteiger partial charge in [0, 0.05) is 37.2 Å². The van der Waals surface area contributed by atoms with Crippen LogP contribution in [0.25, 0.3) is 0 Å². The summed E-state index contributed by atoms with van der Waals surface area (Å²) in [6, 6.07) is 17.3. The molecule has 1 aliphatic heterocycles. The molecule has 1 aliphatic rings. The van der Waals surface area contributed by atoms with Gasteiger partial charge in [0.2, 0.25) is 0 Å². The predicted molar refractivity (Wildman–Crippen MR) is 98.1 cm³/mol. The summed E-state index contributed by atoms with van der Waals surface area (Å²) in [7, 11) is 0. The van der Waals surface area contributed by atoms with Crippen LogP contribution in [-0.2, 0) is 13.0 Å². The highest BCUT2D eigenvalue weighted by atomic mass is 16.5. The number of nitrogens with zero attached hydrogens (tertiary/aromatic N) is 3. The zero-order chi connectivity index (χ0) is 17.8. The summed E-state index contributed by atoms with van der Waals surface area (Å²) < 4.78 is 5.61. The van der Waals surface area contributed by atoms with E-state index in [0.717, 1.165) is 6.42 Å². The van der Waals surface area contributed by atoms with Gasteiger partial charge in [-0.3, -0.25) is 0 Å². The molecule has 0 aliphatic carbocycles. The molecule has 6 nitrogen and oxygen atoms in total. The number of hydrogen-bond donors (Lipinski definition) is 1. The highest BCUT2D eigenvalue weighted by Gasteiger charge is 2.20. The summed E-state index contributed by atoms with van der Waals surface area (Å²) in [6.45, 7) is 1.33. The Bertz CT molecular complexity index is 914. The minimum absolute atomic E-state index is 0.118. The van der Waals surface area contributed by atoms with Gasteiger partial charge in [-0.15, -0.1) is 0 Å². The first-order valence-electron chi connectivity index (χ1n) is 8.45. The number of amides is 2. The van der Waals surface area contributed by atoms with Crippen LogP contribution in [0, 0.1) is 0 Å². The second kappa shape index (κ2) is 7.23. The normalized spacial score (nSPS) is 13.0. The second-order valence-corrected chi connectivity index (χ2v) is 6.03. The van der Waals surface area contributed by atoms with Crippen molar-refractivity contribution in [1.29, 1.82) is 0 Å². The quantitative estimate of drug-likeness (QED) is 0.782. The van der Waals surface area contributed by atoms with E-state index in [0.29, 0.717) is 24.5 Å². The molecule has 0 saturated carbocycles. The zero-order valence-corrected chi connectivity index (χ0v) is 14.1. The summed E-state index contributed by atoms with van der Waals surface area (Å²) in [5, 5.41) is 2.93. The van der Waals surface area contributed by atoms with Crippen molar-refractivity contribution >= 4 is 11.7 Å². The third kappa shape index (κ3) is 3.64. The third-order valence-electron chi connectivity index (χ3n) is 4.25. The molecule has 6 heteroatoms. The molecule has 1 N–H and O–H groups in total. The van der Waals surface area contributed by atoms with Crippen LogP contribution in [0.2, 0.25) is 0 Å². The lowest BCUT2D eigenvalue weighted by molar-refractivity contribution is 0.206. The van der Waals surface area contributed by atoms with Crippen molar-refractivity contribution in [2.24, 2.45) is 0 Å². The maximum absolute atomic E-state index is 12.6. The van der Waals surface area contributed by atoms with Gasteiger partial charge in [-0.25, -0.2) is 14.8 Å². The molecule has 0 spiro atoms. The van der Waals surface area contributed by atoms with Gasteiger partial charge in [-0.1, -0.05) is 30.3 Å². The van der Waals surface area contributed by atoms with Crippen LogP contribution in [0.15, 0.2) is 67.0 Å². The molecule has 0 saturated heterocycles. The van der Waals surface area contributed by atoms with Crippen LogP contribution in [0.4, 0.5) is 10.5 Å². The van der Waals surface area contributed by atoms with Gasteiger partial charge in [0.25, 0.3) is 0 Å². The van der Waals surface area contributed by atoms with Crippen molar-refractivity contribution < 1.29 is 9.53 Å². The van der Waals surface area contributed by atoms with Crippen LogP contribution < -0.4 is 10.1 Å². The van der Waals surface area contributed by atoms with Crippen molar-refractivity contribution in [3.8, 4) is 11.8 Å². The van der Waals surface area contributed by atoms with Crippen molar-refractivity contribution in [2.45, 2.75) is 13.0 Å². The average molecular weight is 346 g/mol.